The first-order chi connectivity index (χ1) is 8.50. The Labute approximate surface area is 107 Å². The third-order valence-corrected chi connectivity index (χ3v) is 3.99. The summed E-state index contributed by atoms with van der Waals surface area (Å²) in [4.78, 5) is 13.3. The van der Waals surface area contributed by atoms with E-state index in [1.165, 1.54) is 0 Å². The van der Waals surface area contributed by atoms with Gasteiger partial charge in [0, 0.05) is 13.1 Å². The van der Waals surface area contributed by atoms with Crippen LogP contribution >= 0.6 is 0 Å². The number of aromatic carboxylic acids is 1. The van der Waals surface area contributed by atoms with Crippen LogP contribution in [0.2, 0.25) is 0 Å². The van der Waals surface area contributed by atoms with E-state index < -0.39 is 5.97 Å². The topological polar surface area (TPSA) is 66.6 Å². The van der Waals surface area contributed by atoms with Crippen molar-refractivity contribution in [3.8, 4) is 0 Å². The molecule has 0 aliphatic carbocycles. The molecule has 4 nitrogen and oxygen atoms in total. The van der Waals surface area contributed by atoms with Crippen molar-refractivity contribution < 1.29 is 9.90 Å². The highest BCUT2D eigenvalue weighted by Crippen LogP contribution is 2.32. The Morgan fingerprint density at radius 2 is 2.11 bits per heavy atom. The van der Waals surface area contributed by atoms with Gasteiger partial charge in [0.1, 0.15) is 0 Å². The number of para-hydroxylation sites is 1. The molecular formula is C14H20N2O2. The van der Waals surface area contributed by atoms with Gasteiger partial charge < -0.3 is 15.7 Å². The molecule has 2 unspecified atom stereocenters. The van der Waals surface area contributed by atoms with Crippen molar-refractivity contribution in [1.82, 2.24) is 0 Å². The van der Waals surface area contributed by atoms with Crippen LogP contribution < -0.4 is 10.6 Å². The van der Waals surface area contributed by atoms with E-state index >= 15 is 0 Å². The second-order valence-electron chi connectivity index (χ2n) is 5.23. The molecular weight excluding hydrogens is 228 g/mol. The number of piperidine rings is 1. The van der Waals surface area contributed by atoms with Gasteiger partial charge >= 0.3 is 5.97 Å². The fourth-order valence-corrected chi connectivity index (χ4v) is 2.50. The van der Waals surface area contributed by atoms with Crippen molar-refractivity contribution in [3.05, 3.63) is 23.8 Å². The van der Waals surface area contributed by atoms with Gasteiger partial charge in [0.15, 0.2) is 0 Å². The van der Waals surface area contributed by atoms with Crippen molar-refractivity contribution >= 4 is 17.3 Å². The van der Waals surface area contributed by atoms with Crippen molar-refractivity contribution in [2.45, 2.75) is 20.3 Å². The molecule has 0 spiro atoms. The zero-order valence-corrected chi connectivity index (χ0v) is 10.9. The second-order valence-corrected chi connectivity index (χ2v) is 5.23. The normalized spacial score (nSPS) is 24.0. The van der Waals surface area contributed by atoms with Gasteiger partial charge in [-0.05, 0) is 30.4 Å². The lowest BCUT2D eigenvalue weighted by molar-refractivity contribution is 0.0698. The predicted octanol–water partition coefficient (Wildman–Crippen LogP) is 2.45. The minimum absolute atomic E-state index is 0.193. The number of anilines is 2. The van der Waals surface area contributed by atoms with Crippen LogP contribution in [0.25, 0.3) is 0 Å². The maximum Gasteiger partial charge on any atom is 0.337 e. The molecule has 0 bridgehead atoms. The number of hydrogen-bond acceptors (Lipinski definition) is 3. The zero-order chi connectivity index (χ0) is 13.3. The molecule has 18 heavy (non-hydrogen) atoms. The molecule has 0 aromatic heterocycles. The van der Waals surface area contributed by atoms with Gasteiger partial charge in [-0.3, -0.25) is 0 Å². The molecule has 3 N–H and O–H groups in total. The Kier molecular flexibility index (Phi) is 3.45. The minimum Gasteiger partial charge on any atom is -0.478 e. The lowest BCUT2D eigenvalue weighted by Crippen LogP contribution is -2.38. The first-order valence-corrected chi connectivity index (χ1v) is 6.37. The summed E-state index contributed by atoms with van der Waals surface area (Å²) in [5.41, 5.74) is 7.40. The Morgan fingerprint density at radius 1 is 1.39 bits per heavy atom. The van der Waals surface area contributed by atoms with E-state index in [1.807, 2.05) is 6.07 Å². The number of hydrogen-bond donors (Lipinski definition) is 2. The minimum atomic E-state index is -0.965. The van der Waals surface area contributed by atoms with E-state index in [9.17, 15) is 4.79 Å². The fraction of sp³-hybridized carbons (Fsp3) is 0.500. The highest BCUT2D eigenvalue weighted by molar-refractivity contribution is 5.97. The van der Waals surface area contributed by atoms with Crippen molar-refractivity contribution in [2.24, 2.45) is 11.8 Å². The Morgan fingerprint density at radius 3 is 2.72 bits per heavy atom. The van der Waals surface area contributed by atoms with Crippen LogP contribution in [0.15, 0.2) is 18.2 Å². The highest BCUT2D eigenvalue weighted by Gasteiger charge is 2.24. The Balaban J connectivity index is 2.29. The molecule has 0 radical (unpaired) electrons. The van der Waals surface area contributed by atoms with Gasteiger partial charge in [-0.1, -0.05) is 19.9 Å². The van der Waals surface area contributed by atoms with Crippen LogP contribution in [0.3, 0.4) is 0 Å². The number of rotatable bonds is 2. The van der Waals surface area contributed by atoms with Crippen LogP contribution in [-0.4, -0.2) is 24.2 Å². The summed E-state index contributed by atoms with van der Waals surface area (Å²) in [6, 6.07) is 5.22. The summed E-state index contributed by atoms with van der Waals surface area (Å²) >= 11 is 0. The van der Waals surface area contributed by atoms with E-state index in [0.717, 1.165) is 25.2 Å². The summed E-state index contributed by atoms with van der Waals surface area (Å²) in [7, 11) is 0. The molecule has 1 fully saturated rings. The summed E-state index contributed by atoms with van der Waals surface area (Å²) in [5.74, 6) is 0.351. The van der Waals surface area contributed by atoms with E-state index in [2.05, 4.69) is 18.7 Å². The van der Waals surface area contributed by atoms with Crippen molar-refractivity contribution in [2.75, 3.05) is 23.7 Å². The van der Waals surface area contributed by atoms with Crippen LogP contribution in [0, 0.1) is 11.8 Å². The van der Waals surface area contributed by atoms with Crippen molar-refractivity contribution in [1.29, 1.82) is 0 Å². The average molecular weight is 248 g/mol. The van der Waals surface area contributed by atoms with E-state index in [4.69, 9.17) is 10.8 Å². The molecule has 1 aromatic rings. The fourth-order valence-electron chi connectivity index (χ4n) is 2.50. The molecule has 0 amide bonds. The standard InChI is InChI=1S/C14H20N2O2/c1-9-6-7-16(8-10(9)2)12-5-3-4-11(13(12)15)14(17)18/h3-5,9-10H,6-8,15H2,1-2H3,(H,17,18). The van der Waals surface area contributed by atoms with Gasteiger partial charge in [-0.2, -0.15) is 0 Å². The Bertz CT molecular complexity index is 459. The summed E-state index contributed by atoms with van der Waals surface area (Å²) in [5, 5.41) is 9.08. The third-order valence-electron chi connectivity index (χ3n) is 3.99. The van der Waals surface area contributed by atoms with Crippen LogP contribution in [-0.2, 0) is 0 Å². The lowest BCUT2D eigenvalue weighted by Gasteiger charge is -2.37. The molecule has 0 saturated carbocycles. The van der Waals surface area contributed by atoms with Crippen LogP contribution in [0.5, 0.6) is 0 Å². The smallest absolute Gasteiger partial charge is 0.337 e. The molecule has 4 heteroatoms. The monoisotopic (exact) mass is 248 g/mol. The molecule has 2 atom stereocenters. The Hall–Kier alpha value is -1.71. The molecule has 1 heterocycles. The zero-order valence-electron chi connectivity index (χ0n) is 10.9. The van der Waals surface area contributed by atoms with Gasteiger partial charge in [-0.25, -0.2) is 4.79 Å². The number of benzene rings is 1. The van der Waals surface area contributed by atoms with E-state index in [0.29, 0.717) is 17.5 Å². The number of nitrogens with zero attached hydrogens (tertiary/aromatic N) is 1. The summed E-state index contributed by atoms with van der Waals surface area (Å²) in [6.07, 6.45) is 1.12. The average Bonchev–Trinajstić information content (AvgIpc) is 2.33. The lowest BCUT2D eigenvalue weighted by atomic mass is 9.88. The molecule has 1 aliphatic rings. The maximum absolute atomic E-state index is 11.1. The SMILES string of the molecule is CC1CCN(c2cccc(C(=O)O)c2N)CC1C. The van der Waals surface area contributed by atoms with Crippen LogP contribution in [0.4, 0.5) is 11.4 Å². The summed E-state index contributed by atoms with van der Waals surface area (Å²) < 4.78 is 0. The molecule has 1 aliphatic heterocycles. The first-order valence-electron chi connectivity index (χ1n) is 6.37. The van der Waals surface area contributed by atoms with E-state index in [-0.39, 0.29) is 5.56 Å². The number of carboxylic acids is 1. The largest absolute Gasteiger partial charge is 0.478 e. The molecule has 2 rings (SSSR count). The predicted molar refractivity (Wildman–Crippen MR) is 73.0 cm³/mol. The second kappa shape index (κ2) is 4.88. The van der Waals surface area contributed by atoms with E-state index in [1.54, 1.807) is 12.1 Å². The number of carbonyl (C=O) groups is 1. The van der Waals surface area contributed by atoms with Gasteiger partial charge in [-0.15, -0.1) is 0 Å². The summed E-state index contributed by atoms with van der Waals surface area (Å²) in [6.45, 7) is 6.38. The first kappa shape index (κ1) is 12.7. The maximum atomic E-state index is 11.1. The third kappa shape index (κ3) is 2.28. The number of carboxylic acid groups (broad SMARTS) is 1. The van der Waals surface area contributed by atoms with Crippen LogP contribution in [0.1, 0.15) is 30.6 Å². The molecule has 98 valence electrons. The number of nitrogen functional groups attached to an aromatic ring is 1. The van der Waals surface area contributed by atoms with Crippen molar-refractivity contribution in [3.63, 3.8) is 0 Å². The molecule has 1 saturated heterocycles. The van der Waals surface area contributed by atoms with Gasteiger partial charge in [0.2, 0.25) is 0 Å². The quantitative estimate of drug-likeness (QED) is 0.789. The molecule has 1 aromatic carbocycles. The van der Waals surface area contributed by atoms with Gasteiger partial charge in [0.25, 0.3) is 0 Å². The number of nitrogens with two attached hydrogens (primary N) is 1. The van der Waals surface area contributed by atoms with Gasteiger partial charge in [0.05, 0.1) is 16.9 Å². The highest BCUT2D eigenvalue weighted by atomic mass is 16.4.